The third-order valence-corrected chi connectivity index (χ3v) is 3.67. The molecule has 0 aliphatic carbocycles. The van der Waals surface area contributed by atoms with Gasteiger partial charge in [-0.2, -0.15) is 0 Å². The third kappa shape index (κ3) is 3.80. The van der Waals surface area contributed by atoms with E-state index in [0.717, 1.165) is 31.8 Å². The van der Waals surface area contributed by atoms with Crippen LogP contribution in [-0.2, 0) is 11.3 Å². The van der Waals surface area contributed by atoms with Crippen LogP contribution in [0.4, 0.5) is 5.69 Å². The van der Waals surface area contributed by atoms with Gasteiger partial charge in [-0.3, -0.25) is 4.98 Å². The molecule has 0 saturated heterocycles. The first-order chi connectivity index (χ1) is 10.4. The second-order valence-corrected chi connectivity index (χ2v) is 5.21. The van der Waals surface area contributed by atoms with E-state index in [9.17, 15) is 0 Å². The molecular weight excluding hydrogens is 262 g/mol. The van der Waals surface area contributed by atoms with Gasteiger partial charge in [-0.25, -0.2) is 0 Å². The minimum absolute atomic E-state index is 0.263. The van der Waals surface area contributed by atoms with Crippen LogP contribution in [0.1, 0.15) is 23.7 Å². The van der Waals surface area contributed by atoms with Crippen molar-refractivity contribution in [3.63, 3.8) is 0 Å². The van der Waals surface area contributed by atoms with E-state index < -0.39 is 0 Å². The minimum atomic E-state index is 0.263. The zero-order chi connectivity index (χ0) is 14.3. The second kappa shape index (κ2) is 7.20. The lowest BCUT2D eigenvalue weighted by Crippen LogP contribution is -2.31. The number of nitrogens with zero attached hydrogens (tertiary/aromatic N) is 1. The number of hydrogen-bond acceptors (Lipinski definition) is 4. The van der Waals surface area contributed by atoms with Gasteiger partial charge in [0.1, 0.15) is 0 Å². The summed E-state index contributed by atoms with van der Waals surface area (Å²) in [6.45, 7) is 3.28. The minimum Gasteiger partial charge on any atom is -0.385 e. The molecular formula is C17H21N3O. The van der Waals surface area contributed by atoms with Crippen molar-refractivity contribution in [1.82, 2.24) is 10.3 Å². The summed E-state index contributed by atoms with van der Waals surface area (Å²) < 4.78 is 5.59. The van der Waals surface area contributed by atoms with Crippen molar-refractivity contribution in [2.45, 2.75) is 19.1 Å². The number of aromatic nitrogens is 1. The molecule has 3 rings (SSSR count). The molecule has 1 aromatic carbocycles. The van der Waals surface area contributed by atoms with E-state index in [1.165, 1.54) is 11.3 Å². The average Bonchev–Trinajstić information content (AvgIpc) is 2.56. The molecule has 1 aliphatic rings. The monoisotopic (exact) mass is 283 g/mol. The molecule has 0 bridgehead atoms. The van der Waals surface area contributed by atoms with E-state index in [2.05, 4.69) is 33.8 Å². The second-order valence-electron chi connectivity index (χ2n) is 5.21. The lowest BCUT2D eigenvalue weighted by atomic mass is 10.0. The van der Waals surface area contributed by atoms with E-state index in [0.29, 0.717) is 6.61 Å². The Kier molecular flexibility index (Phi) is 4.82. The van der Waals surface area contributed by atoms with Crippen molar-refractivity contribution in [3.05, 3.63) is 59.9 Å². The summed E-state index contributed by atoms with van der Waals surface area (Å²) >= 11 is 0. The Labute approximate surface area is 125 Å². The molecule has 1 aliphatic heterocycles. The SMILES string of the molecule is c1ccc(NCCCNC2COCc3ncccc32)cc1. The van der Waals surface area contributed by atoms with E-state index in [1.54, 1.807) is 0 Å². The maximum absolute atomic E-state index is 5.59. The van der Waals surface area contributed by atoms with Crippen molar-refractivity contribution < 1.29 is 4.74 Å². The number of fused-ring (bicyclic) bond motifs is 1. The van der Waals surface area contributed by atoms with Gasteiger partial charge in [-0.05, 0) is 36.7 Å². The molecule has 21 heavy (non-hydrogen) atoms. The molecule has 2 heterocycles. The zero-order valence-electron chi connectivity index (χ0n) is 12.1. The summed E-state index contributed by atoms with van der Waals surface area (Å²) in [5, 5.41) is 6.98. The van der Waals surface area contributed by atoms with Crippen molar-refractivity contribution in [3.8, 4) is 0 Å². The molecule has 4 heteroatoms. The van der Waals surface area contributed by atoms with E-state index in [-0.39, 0.29) is 6.04 Å². The van der Waals surface area contributed by atoms with Crippen LogP contribution in [0.2, 0.25) is 0 Å². The van der Waals surface area contributed by atoms with Crippen LogP contribution in [-0.4, -0.2) is 24.7 Å². The smallest absolute Gasteiger partial charge is 0.0892 e. The summed E-state index contributed by atoms with van der Waals surface area (Å²) in [5.74, 6) is 0. The highest BCUT2D eigenvalue weighted by molar-refractivity contribution is 5.42. The quantitative estimate of drug-likeness (QED) is 0.800. The van der Waals surface area contributed by atoms with Gasteiger partial charge in [0.15, 0.2) is 0 Å². The number of benzene rings is 1. The van der Waals surface area contributed by atoms with Crippen LogP contribution in [0.25, 0.3) is 0 Å². The lowest BCUT2D eigenvalue weighted by molar-refractivity contribution is 0.0791. The van der Waals surface area contributed by atoms with Crippen molar-refractivity contribution in [1.29, 1.82) is 0 Å². The first-order valence-electron chi connectivity index (χ1n) is 7.47. The summed E-state index contributed by atoms with van der Waals surface area (Å²) in [4.78, 5) is 4.38. The molecule has 0 fully saturated rings. The number of rotatable bonds is 6. The van der Waals surface area contributed by atoms with Crippen molar-refractivity contribution in [2.75, 3.05) is 25.0 Å². The molecule has 0 spiro atoms. The zero-order valence-corrected chi connectivity index (χ0v) is 12.1. The Morgan fingerprint density at radius 2 is 2.00 bits per heavy atom. The predicted molar refractivity (Wildman–Crippen MR) is 84.2 cm³/mol. The maximum Gasteiger partial charge on any atom is 0.0892 e. The molecule has 2 N–H and O–H groups in total. The summed E-state index contributed by atoms with van der Waals surface area (Å²) in [6.07, 6.45) is 2.90. The van der Waals surface area contributed by atoms with Crippen LogP contribution in [0.3, 0.4) is 0 Å². The molecule has 2 aromatic rings. The fraction of sp³-hybridized carbons (Fsp3) is 0.353. The average molecular weight is 283 g/mol. The van der Waals surface area contributed by atoms with Gasteiger partial charge in [-0.15, -0.1) is 0 Å². The molecule has 1 atom stereocenters. The van der Waals surface area contributed by atoms with Crippen LogP contribution < -0.4 is 10.6 Å². The van der Waals surface area contributed by atoms with Gasteiger partial charge in [-0.1, -0.05) is 24.3 Å². The highest BCUT2D eigenvalue weighted by Gasteiger charge is 2.20. The molecule has 1 aromatic heterocycles. The number of anilines is 1. The van der Waals surface area contributed by atoms with Crippen LogP contribution >= 0.6 is 0 Å². The fourth-order valence-corrected chi connectivity index (χ4v) is 2.57. The van der Waals surface area contributed by atoms with Crippen LogP contribution in [0, 0.1) is 0 Å². The molecule has 4 nitrogen and oxygen atoms in total. The number of pyridine rings is 1. The highest BCUT2D eigenvalue weighted by atomic mass is 16.5. The molecule has 110 valence electrons. The fourth-order valence-electron chi connectivity index (χ4n) is 2.57. The first-order valence-corrected chi connectivity index (χ1v) is 7.47. The molecule has 0 amide bonds. The van der Waals surface area contributed by atoms with Gasteiger partial charge in [0.05, 0.1) is 24.9 Å². The summed E-state index contributed by atoms with van der Waals surface area (Å²) in [5.41, 5.74) is 3.51. The van der Waals surface area contributed by atoms with Gasteiger partial charge >= 0.3 is 0 Å². The molecule has 0 saturated carbocycles. The van der Waals surface area contributed by atoms with E-state index >= 15 is 0 Å². The first kappa shape index (κ1) is 14.0. The normalized spacial score (nSPS) is 17.2. The highest BCUT2D eigenvalue weighted by Crippen LogP contribution is 2.22. The third-order valence-electron chi connectivity index (χ3n) is 3.67. The predicted octanol–water partition coefficient (Wildman–Crippen LogP) is 2.74. The Bertz CT molecular complexity index is 559. The van der Waals surface area contributed by atoms with Crippen LogP contribution in [0.5, 0.6) is 0 Å². The topological polar surface area (TPSA) is 46.2 Å². The van der Waals surface area contributed by atoms with E-state index in [1.807, 2.05) is 30.5 Å². The maximum atomic E-state index is 5.59. The lowest BCUT2D eigenvalue weighted by Gasteiger charge is -2.25. The Morgan fingerprint density at radius 3 is 2.90 bits per heavy atom. The Morgan fingerprint density at radius 1 is 1.10 bits per heavy atom. The molecule has 0 radical (unpaired) electrons. The van der Waals surface area contributed by atoms with Gasteiger partial charge < -0.3 is 15.4 Å². The Hall–Kier alpha value is -1.91. The van der Waals surface area contributed by atoms with Crippen LogP contribution in [0.15, 0.2) is 48.7 Å². The number of ether oxygens (including phenoxy) is 1. The molecule has 1 unspecified atom stereocenters. The largest absolute Gasteiger partial charge is 0.385 e. The number of nitrogens with one attached hydrogen (secondary N) is 2. The van der Waals surface area contributed by atoms with Crippen molar-refractivity contribution in [2.24, 2.45) is 0 Å². The van der Waals surface area contributed by atoms with E-state index in [4.69, 9.17) is 4.74 Å². The van der Waals surface area contributed by atoms with Gasteiger partial charge in [0.25, 0.3) is 0 Å². The van der Waals surface area contributed by atoms with Gasteiger partial charge in [0.2, 0.25) is 0 Å². The summed E-state index contributed by atoms with van der Waals surface area (Å²) in [6, 6.07) is 14.7. The van der Waals surface area contributed by atoms with Gasteiger partial charge in [0, 0.05) is 18.4 Å². The standard InChI is InChI=1S/C17H21N3O/c1-2-6-14(7-3-1)18-10-5-11-20-17-13-21-12-16-15(17)8-4-9-19-16/h1-4,6-9,17-18,20H,5,10-13H2. The number of hydrogen-bond donors (Lipinski definition) is 2. The Balaban J connectivity index is 1.42. The summed E-state index contributed by atoms with van der Waals surface area (Å²) in [7, 11) is 0. The number of para-hydroxylation sites is 1. The van der Waals surface area contributed by atoms with Crippen molar-refractivity contribution >= 4 is 5.69 Å².